The zero-order chi connectivity index (χ0) is 29.0. The molecule has 214 valence electrons. The fourth-order valence-electron chi connectivity index (χ4n) is 5.17. The zero-order valence-electron chi connectivity index (χ0n) is 23.0. The number of methoxy groups -OCH3 is 1. The number of hydrogen-bond acceptors (Lipinski definition) is 6. The van der Waals surface area contributed by atoms with Crippen molar-refractivity contribution in [2.45, 2.75) is 51.1 Å². The number of esters is 1. The predicted octanol–water partition coefficient (Wildman–Crippen LogP) is 7.94. The first-order valence-corrected chi connectivity index (χ1v) is 14.5. The third-order valence-corrected chi connectivity index (χ3v) is 8.67. The fourth-order valence-corrected chi connectivity index (χ4v) is 6.33. The van der Waals surface area contributed by atoms with E-state index in [9.17, 15) is 18.4 Å². The molecule has 1 aliphatic carbocycles. The predicted molar refractivity (Wildman–Crippen MR) is 156 cm³/mol. The second-order valence-corrected chi connectivity index (χ2v) is 11.6. The Kier molecular flexibility index (Phi) is 8.75. The molecule has 1 saturated carbocycles. The smallest absolute Gasteiger partial charge is 0.340 e. The van der Waals surface area contributed by atoms with Crippen LogP contribution in [-0.2, 0) is 22.0 Å². The van der Waals surface area contributed by atoms with Gasteiger partial charge in [0.2, 0.25) is 0 Å². The van der Waals surface area contributed by atoms with Crippen molar-refractivity contribution in [3.63, 3.8) is 0 Å². The van der Waals surface area contributed by atoms with Gasteiger partial charge in [0.05, 0.1) is 40.2 Å². The highest BCUT2D eigenvalue weighted by atomic mass is 32.1. The van der Waals surface area contributed by atoms with Crippen LogP contribution in [0.1, 0.15) is 75.4 Å². The van der Waals surface area contributed by atoms with Crippen LogP contribution >= 0.6 is 11.3 Å². The maximum absolute atomic E-state index is 13.8. The molecule has 0 atom stereocenters. The molecule has 1 heterocycles. The standard InChI is InChI=1S/C32H32F2N2O4S/c1-32(33,34)24-10-6-9-23(15-24)29(37)35-26-17-28-27(16-25(26)31(38)39-2)36-30(41-28)22-13-11-21(12-14-22)19-40-18-20-7-4-3-5-8-20/h3-10,15-17,21-22H,11-14,18-19H2,1-2H3,(H,35,37). The molecule has 0 spiro atoms. The van der Waals surface area contributed by atoms with Crippen molar-refractivity contribution in [3.05, 3.63) is 94.0 Å². The van der Waals surface area contributed by atoms with Crippen molar-refractivity contribution >= 4 is 39.1 Å². The molecule has 0 bridgehead atoms. The van der Waals surface area contributed by atoms with Crippen LogP contribution in [0.3, 0.4) is 0 Å². The summed E-state index contributed by atoms with van der Waals surface area (Å²) < 4.78 is 39.3. The molecule has 1 aromatic heterocycles. The highest BCUT2D eigenvalue weighted by Crippen LogP contribution is 2.40. The number of rotatable bonds is 9. The summed E-state index contributed by atoms with van der Waals surface area (Å²) >= 11 is 1.55. The van der Waals surface area contributed by atoms with E-state index < -0.39 is 17.8 Å². The van der Waals surface area contributed by atoms with Gasteiger partial charge in [0.25, 0.3) is 11.8 Å². The minimum Gasteiger partial charge on any atom is -0.465 e. The van der Waals surface area contributed by atoms with Crippen LogP contribution < -0.4 is 5.32 Å². The molecule has 9 heteroatoms. The summed E-state index contributed by atoms with van der Waals surface area (Å²) in [6, 6.07) is 18.8. The van der Waals surface area contributed by atoms with Crippen LogP contribution in [0, 0.1) is 5.92 Å². The SMILES string of the molecule is COC(=O)c1cc2nc(C3CCC(COCc4ccccc4)CC3)sc2cc1NC(=O)c1cccc(C(C)(F)F)c1. The maximum atomic E-state index is 13.8. The van der Waals surface area contributed by atoms with Gasteiger partial charge in [-0.3, -0.25) is 4.79 Å². The third kappa shape index (κ3) is 6.97. The number of nitrogens with zero attached hydrogens (tertiary/aromatic N) is 1. The van der Waals surface area contributed by atoms with Gasteiger partial charge >= 0.3 is 5.97 Å². The van der Waals surface area contributed by atoms with E-state index in [0.29, 0.717) is 24.0 Å². The number of carbonyl (C=O) groups is 2. The number of anilines is 1. The first-order valence-electron chi connectivity index (χ1n) is 13.7. The van der Waals surface area contributed by atoms with Crippen molar-refractivity contribution < 1.29 is 27.8 Å². The van der Waals surface area contributed by atoms with Gasteiger partial charge in [-0.2, -0.15) is 0 Å². The van der Waals surface area contributed by atoms with Crippen molar-refractivity contribution in [2.75, 3.05) is 19.0 Å². The van der Waals surface area contributed by atoms with Gasteiger partial charge in [0, 0.05) is 30.6 Å². The number of halogens is 2. The molecule has 0 unspecified atom stereocenters. The molecule has 5 rings (SSSR count). The lowest BCUT2D eigenvalue weighted by molar-refractivity contribution is 0.0174. The summed E-state index contributed by atoms with van der Waals surface area (Å²) in [5, 5.41) is 3.72. The highest BCUT2D eigenvalue weighted by Gasteiger charge is 2.27. The average molecular weight is 579 g/mol. The van der Waals surface area contributed by atoms with Gasteiger partial charge in [-0.25, -0.2) is 18.6 Å². The van der Waals surface area contributed by atoms with E-state index in [2.05, 4.69) is 17.4 Å². The number of fused-ring (bicyclic) bond motifs is 1. The molecule has 4 aromatic rings. The summed E-state index contributed by atoms with van der Waals surface area (Å²) in [7, 11) is 1.26. The number of ether oxygens (including phenoxy) is 2. The number of benzene rings is 3. The van der Waals surface area contributed by atoms with Gasteiger partial charge < -0.3 is 14.8 Å². The first kappa shape index (κ1) is 28.8. The first-order chi connectivity index (χ1) is 19.7. The molecule has 41 heavy (non-hydrogen) atoms. The lowest BCUT2D eigenvalue weighted by atomic mass is 9.83. The van der Waals surface area contributed by atoms with Crippen LogP contribution in [-0.4, -0.2) is 30.6 Å². The van der Waals surface area contributed by atoms with Crippen LogP contribution in [0.25, 0.3) is 10.2 Å². The quantitative estimate of drug-likeness (QED) is 0.204. The maximum Gasteiger partial charge on any atom is 0.340 e. The molecule has 3 aromatic carbocycles. The van der Waals surface area contributed by atoms with Crippen molar-refractivity contribution in [2.24, 2.45) is 5.92 Å². The Morgan fingerprint density at radius 1 is 1.02 bits per heavy atom. The average Bonchev–Trinajstić information content (AvgIpc) is 3.40. The van der Waals surface area contributed by atoms with Gasteiger partial charge in [0.1, 0.15) is 0 Å². The van der Waals surface area contributed by atoms with Crippen molar-refractivity contribution in [1.82, 2.24) is 4.98 Å². The summed E-state index contributed by atoms with van der Waals surface area (Å²) in [5.41, 5.74) is 2.03. The molecular formula is C32H32F2N2O4S. The summed E-state index contributed by atoms with van der Waals surface area (Å²) in [6.07, 6.45) is 4.12. The van der Waals surface area contributed by atoms with E-state index in [1.807, 2.05) is 18.2 Å². The molecule has 1 aliphatic rings. The van der Waals surface area contributed by atoms with E-state index >= 15 is 0 Å². The molecule has 1 amide bonds. The third-order valence-electron chi connectivity index (χ3n) is 7.49. The van der Waals surface area contributed by atoms with Gasteiger partial charge in [-0.15, -0.1) is 11.3 Å². The normalized spacial score (nSPS) is 17.4. The minimum atomic E-state index is -3.08. The van der Waals surface area contributed by atoms with Crippen LogP contribution in [0.4, 0.5) is 14.5 Å². The lowest BCUT2D eigenvalue weighted by Crippen LogP contribution is -2.17. The number of thiazole rings is 1. The highest BCUT2D eigenvalue weighted by molar-refractivity contribution is 7.18. The van der Waals surface area contributed by atoms with E-state index in [-0.39, 0.29) is 22.4 Å². The van der Waals surface area contributed by atoms with Gasteiger partial charge in [-0.05, 0) is 61.4 Å². The van der Waals surface area contributed by atoms with Crippen LogP contribution in [0.5, 0.6) is 0 Å². The lowest BCUT2D eigenvalue weighted by Gasteiger charge is -2.27. The summed E-state index contributed by atoms with van der Waals surface area (Å²) in [6.45, 7) is 2.14. The second-order valence-electron chi connectivity index (χ2n) is 10.6. The zero-order valence-corrected chi connectivity index (χ0v) is 23.8. The Balaban J connectivity index is 1.28. The molecule has 0 radical (unpaired) electrons. The Morgan fingerprint density at radius 2 is 1.78 bits per heavy atom. The number of aromatic nitrogens is 1. The van der Waals surface area contributed by atoms with E-state index in [4.69, 9.17) is 14.5 Å². The van der Waals surface area contributed by atoms with Gasteiger partial charge in [0.15, 0.2) is 0 Å². The molecule has 1 fully saturated rings. The van der Waals surface area contributed by atoms with E-state index in [0.717, 1.165) is 55.0 Å². The molecular weight excluding hydrogens is 546 g/mol. The Labute approximate surface area is 241 Å². The Morgan fingerprint density at radius 3 is 2.49 bits per heavy atom. The number of nitrogens with one attached hydrogen (secondary N) is 1. The minimum absolute atomic E-state index is 0.0643. The molecule has 0 aliphatic heterocycles. The largest absolute Gasteiger partial charge is 0.465 e. The summed E-state index contributed by atoms with van der Waals surface area (Å²) in [5.74, 6) is -3.47. The Hall–Kier alpha value is -3.69. The number of alkyl halides is 2. The fraction of sp³-hybridized carbons (Fsp3) is 0.344. The van der Waals surface area contributed by atoms with E-state index in [1.165, 1.54) is 30.9 Å². The van der Waals surface area contributed by atoms with E-state index in [1.54, 1.807) is 23.5 Å². The number of amides is 1. The molecule has 0 saturated heterocycles. The number of hydrogen-bond donors (Lipinski definition) is 1. The monoisotopic (exact) mass is 578 g/mol. The number of carbonyl (C=O) groups excluding carboxylic acids is 2. The second kappa shape index (κ2) is 12.4. The van der Waals surface area contributed by atoms with Crippen molar-refractivity contribution in [3.8, 4) is 0 Å². The van der Waals surface area contributed by atoms with Gasteiger partial charge in [-0.1, -0.05) is 42.5 Å². The topological polar surface area (TPSA) is 77.5 Å². The van der Waals surface area contributed by atoms with Crippen LogP contribution in [0.2, 0.25) is 0 Å². The Bertz CT molecular complexity index is 1530. The molecule has 1 N–H and O–H groups in total. The molecule has 6 nitrogen and oxygen atoms in total. The van der Waals surface area contributed by atoms with Crippen LogP contribution in [0.15, 0.2) is 66.7 Å². The van der Waals surface area contributed by atoms with Crippen molar-refractivity contribution in [1.29, 1.82) is 0 Å². The summed E-state index contributed by atoms with van der Waals surface area (Å²) in [4.78, 5) is 30.4.